The topological polar surface area (TPSA) is 6.48 Å². The number of fused-ring (bicyclic) bond motifs is 2. The van der Waals surface area contributed by atoms with Gasteiger partial charge in [-0.1, -0.05) is 12.2 Å². The molecule has 1 unspecified atom stereocenters. The molecule has 2 nitrogen and oxygen atoms in total. The smallest absolute Gasteiger partial charge is 0.0647 e. The normalized spacial score (nSPS) is 32.0. The van der Waals surface area contributed by atoms with Gasteiger partial charge in [-0.15, -0.1) is 11.8 Å². The Kier molecular flexibility index (Phi) is 1.41. The van der Waals surface area contributed by atoms with Crippen LogP contribution in [0.15, 0.2) is 24.0 Å². The Morgan fingerprint density at radius 2 is 2.50 bits per heavy atom. The van der Waals surface area contributed by atoms with Crippen LogP contribution in [-0.2, 0) is 0 Å². The van der Waals surface area contributed by atoms with Crippen molar-refractivity contribution < 1.29 is 0 Å². The van der Waals surface area contributed by atoms with E-state index in [2.05, 4.69) is 28.2 Å². The van der Waals surface area contributed by atoms with Crippen LogP contribution in [0.5, 0.6) is 0 Å². The van der Waals surface area contributed by atoms with Gasteiger partial charge in [0.25, 0.3) is 0 Å². The second kappa shape index (κ2) is 2.46. The zero-order chi connectivity index (χ0) is 7.97. The van der Waals surface area contributed by atoms with Crippen LogP contribution in [0, 0.1) is 0 Å². The summed E-state index contributed by atoms with van der Waals surface area (Å²) in [5.41, 5.74) is 1.53. The first kappa shape index (κ1) is 6.89. The van der Waals surface area contributed by atoms with Gasteiger partial charge < -0.3 is 9.80 Å². The first-order valence-corrected chi connectivity index (χ1v) is 5.55. The van der Waals surface area contributed by atoms with Gasteiger partial charge in [0.05, 0.1) is 11.9 Å². The Morgan fingerprint density at radius 3 is 3.50 bits per heavy atom. The van der Waals surface area contributed by atoms with Gasteiger partial charge in [-0.3, -0.25) is 0 Å². The van der Waals surface area contributed by atoms with E-state index in [0.717, 1.165) is 6.54 Å². The van der Waals surface area contributed by atoms with E-state index in [1.54, 1.807) is 0 Å². The van der Waals surface area contributed by atoms with E-state index in [0.29, 0.717) is 6.04 Å². The molecule has 3 heterocycles. The SMILES string of the molecule is C1=CC2CN3CSCC3=CN2C1. The molecule has 1 atom stereocenters. The van der Waals surface area contributed by atoms with Gasteiger partial charge in [-0.05, 0) is 0 Å². The Balaban J connectivity index is 1.91. The maximum atomic E-state index is 2.50. The van der Waals surface area contributed by atoms with Crippen LogP contribution >= 0.6 is 11.8 Å². The van der Waals surface area contributed by atoms with Gasteiger partial charge >= 0.3 is 0 Å². The highest BCUT2D eigenvalue weighted by atomic mass is 32.2. The van der Waals surface area contributed by atoms with Gasteiger partial charge in [0.2, 0.25) is 0 Å². The van der Waals surface area contributed by atoms with E-state index in [4.69, 9.17) is 0 Å². The fourth-order valence-corrected chi connectivity index (χ4v) is 3.09. The molecular weight excluding hydrogens is 168 g/mol. The van der Waals surface area contributed by atoms with Crippen LogP contribution < -0.4 is 0 Å². The van der Waals surface area contributed by atoms with Gasteiger partial charge in [0.15, 0.2) is 0 Å². The molecule has 3 aliphatic rings. The van der Waals surface area contributed by atoms with Crippen molar-refractivity contribution in [1.29, 1.82) is 0 Å². The Morgan fingerprint density at radius 1 is 1.50 bits per heavy atom. The molecule has 1 saturated heterocycles. The molecule has 0 aromatic rings. The molecule has 0 amide bonds. The molecule has 0 N–H and O–H groups in total. The third-order valence-electron chi connectivity index (χ3n) is 2.73. The van der Waals surface area contributed by atoms with Gasteiger partial charge in [-0.2, -0.15) is 0 Å². The zero-order valence-electron chi connectivity index (χ0n) is 6.94. The first-order valence-electron chi connectivity index (χ1n) is 4.39. The lowest BCUT2D eigenvalue weighted by molar-refractivity contribution is 0.250. The highest BCUT2D eigenvalue weighted by molar-refractivity contribution is 7.99. The first-order chi connectivity index (χ1) is 5.93. The van der Waals surface area contributed by atoms with Gasteiger partial charge in [0, 0.05) is 30.7 Å². The summed E-state index contributed by atoms with van der Waals surface area (Å²) in [6.45, 7) is 2.32. The molecule has 1 fully saturated rings. The summed E-state index contributed by atoms with van der Waals surface area (Å²) in [5.74, 6) is 2.41. The number of thioether (sulfide) groups is 1. The third-order valence-corrected chi connectivity index (χ3v) is 3.72. The predicted octanol–water partition coefficient (Wildman–Crippen LogP) is 1.09. The van der Waals surface area contributed by atoms with Crippen molar-refractivity contribution >= 4 is 11.8 Å². The van der Waals surface area contributed by atoms with Crippen LogP contribution in [0.4, 0.5) is 0 Å². The van der Waals surface area contributed by atoms with Crippen LogP contribution in [-0.4, -0.2) is 40.6 Å². The van der Waals surface area contributed by atoms with E-state index in [1.165, 1.54) is 23.9 Å². The summed E-state index contributed by atoms with van der Waals surface area (Å²) in [6.07, 6.45) is 6.95. The third kappa shape index (κ3) is 0.891. The largest absolute Gasteiger partial charge is 0.364 e. The molecule has 12 heavy (non-hydrogen) atoms. The summed E-state index contributed by atoms with van der Waals surface area (Å²) in [7, 11) is 0. The second-order valence-electron chi connectivity index (χ2n) is 3.51. The molecule has 3 rings (SSSR count). The van der Waals surface area contributed by atoms with Gasteiger partial charge in [0.1, 0.15) is 0 Å². The fraction of sp³-hybridized carbons (Fsp3) is 0.556. The minimum atomic E-state index is 0.660. The molecule has 0 bridgehead atoms. The lowest BCUT2D eigenvalue weighted by Gasteiger charge is -2.34. The van der Waals surface area contributed by atoms with Crippen molar-refractivity contribution in [3.63, 3.8) is 0 Å². The van der Waals surface area contributed by atoms with Crippen LogP contribution in [0.25, 0.3) is 0 Å². The maximum absolute atomic E-state index is 2.50. The summed E-state index contributed by atoms with van der Waals surface area (Å²) >= 11 is 2.02. The average molecular weight is 180 g/mol. The van der Waals surface area contributed by atoms with Crippen molar-refractivity contribution in [3.8, 4) is 0 Å². The molecule has 0 saturated carbocycles. The molecule has 64 valence electrons. The number of hydrogen-bond donors (Lipinski definition) is 0. The lowest BCUT2D eigenvalue weighted by Crippen LogP contribution is -2.41. The van der Waals surface area contributed by atoms with Crippen LogP contribution in [0.1, 0.15) is 0 Å². The van der Waals surface area contributed by atoms with E-state index in [1.807, 2.05) is 11.8 Å². The monoisotopic (exact) mass is 180 g/mol. The van der Waals surface area contributed by atoms with Crippen molar-refractivity contribution in [2.45, 2.75) is 6.04 Å². The van der Waals surface area contributed by atoms with Crippen molar-refractivity contribution in [3.05, 3.63) is 24.0 Å². The minimum absolute atomic E-state index is 0.660. The van der Waals surface area contributed by atoms with E-state index in [9.17, 15) is 0 Å². The highest BCUT2D eigenvalue weighted by Gasteiger charge is 2.29. The summed E-state index contributed by atoms with van der Waals surface area (Å²) < 4.78 is 0. The van der Waals surface area contributed by atoms with E-state index in [-0.39, 0.29) is 0 Å². The van der Waals surface area contributed by atoms with Crippen molar-refractivity contribution in [2.75, 3.05) is 24.7 Å². The molecule has 3 heteroatoms. The van der Waals surface area contributed by atoms with Crippen molar-refractivity contribution in [2.24, 2.45) is 0 Å². The van der Waals surface area contributed by atoms with Crippen molar-refractivity contribution in [1.82, 2.24) is 9.80 Å². The lowest BCUT2D eigenvalue weighted by atomic mass is 10.2. The van der Waals surface area contributed by atoms with Crippen LogP contribution in [0.3, 0.4) is 0 Å². The predicted molar refractivity (Wildman–Crippen MR) is 51.7 cm³/mol. The zero-order valence-corrected chi connectivity index (χ0v) is 7.76. The molecule has 0 aromatic heterocycles. The highest BCUT2D eigenvalue weighted by Crippen LogP contribution is 2.30. The molecule has 0 radical (unpaired) electrons. The Bertz CT molecular complexity index is 259. The number of hydrogen-bond acceptors (Lipinski definition) is 3. The standard InChI is InChI=1S/C9H12N2S/c1-2-8-4-11-7-12-6-9(11)5-10(8)3-1/h1-2,5,8H,3-4,6-7H2. The van der Waals surface area contributed by atoms with E-state index < -0.39 is 0 Å². The summed E-state index contributed by atoms with van der Waals surface area (Å²) in [4.78, 5) is 4.94. The summed E-state index contributed by atoms with van der Waals surface area (Å²) in [6, 6.07) is 0.660. The average Bonchev–Trinajstić information content (AvgIpc) is 2.64. The molecule has 0 aromatic carbocycles. The maximum Gasteiger partial charge on any atom is 0.0647 e. The van der Waals surface area contributed by atoms with E-state index >= 15 is 0 Å². The minimum Gasteiger partial charge on any atom is -0.364 e. The Labute approximate surface area is 76.9 Å². The molecular formula is C9H12N2S. The molecule has 0 spiro atoms. The number of rotatable bonds is 0. The fourth-order valence-electron chi connectivity index (χ4n) is 2.04. The number of nitrogens with zero attached hydrogens (tertiary/aromatic N) is 2. The van der Waals surface area contributed by atoms with Gasteiger partial charge in [-0.25, -0.2) is 0 Å². The summed E-state index contributed by atoms with van der Waals surface area (Å²) in [5, 5.41) is 0. The molecule has 0 aliphatic carbocycles. The quantitative estimate of drug-likeness (QED) is 0.515. The Hall–Kier alpha value is -0.570. The van der Waals surface area contributed by atoms with Crippen LogP contribution in [0.2, 0.25) is 0 Å². The second-order valence-corrected chi connectivity index (χ2v) is 4.47. The molecule has 3 aliphatic heterocycles.